The third-order valence-electron chi connectivity index (χ3n) is 2.81. The van der Waals surface area contributed by atoms with Crippen LogP contribution < -0.4 is 10.5 Å². The summed E-state index contributed by atoms with van der Waals surface area (Å²) >= 11 is -1.12. The standard InChI is InChI=1S/C11H17N2OS/c12-15(14)10-5-3-4-9(8-10)11-6-1-2-7-13-11/h3-5,8,11,13-14H,1-2,6-7,12H2/q+1. The Bertz CT molecular complexity index is 324. The maximum absolute atomic E-state index is 9.33. The van der Waals surface area contributed by atoms with E-state index in [0.29, 0.717) is 6.04 Å². The summed E-state index contributed by atoms with van der Waals surface area (Å²) in [5.41, 5.74) is 1.24. The second kappa shape index (κ2) is 4.99. The van der Waals surface area contributed by atoms with Gasteiger partial charge in [0.25, 0.3) is 11.4 Å². The molecule has 0 radical (unpaired) electrons. The second-order valence-electron chi connectivity index (χ2n) is 3.89. The van der Waals surface area contributed by atoms with E-state index >= 15 is 0 Å². The molecule has 4 N–H and O–H groups in total. The van der Waals surface area contributed by atoms with Crippen LogP contribution in [0.15, 0.2) is 29.2 Å². The van der Waals surface area contributed by atoms with E-state index in [9.17, 15) is 4.55 Å². The van der Waals surface area contributed by atoms with E-state index in [1.54, 1.807) is 0 Å². The summed E-state index contributed by atoms with van der Waals surface area (Å²) in [7, 11) is 0. The summed E-state index contributed by atoms with van der Waals surface area (Å²) in [6.45, 7) is 1.09. The fraction of sp³-hybridized carbons (Fsp3) is 0.455. The molecule has 1 aliphatic heterocycles. The van der Waals surface area contributed by atoms with Crippen LogP contribution in [0.5, 0.6) is 0 Å². The van der Waals surface area contributed by atoms with Crippen molar-refractivity contribution in [2.24, 2.45) is 5.14 Å². The highest BCUT2D eigenvalue weighted by molar-refractivity contribution is 7.89. The van der Waals surface area contributed by atoms with Gasteiger partial charge in [-0.3, -0.25) is 0 Å². The first-order valence-corrected chi connectivity index (χ1v) is 6.53. The highest BCUT2D eigenvalue weighted by Crippen LogP contribution is 2.24. The molecule has 0 aromatic heterocycles. The zero-order valence-electron chi connectivity index (χ0n) is 8.65. The van der Waals surface area contributed by atoms with Crippen LogP contribution >= 0.6 is 0 Å². The van der Waals surface area contributed by atoms with Gasteiger partial charge in [-0.05, 0) is 31.0 Å². The number of nitrogens with two attached hydrogens (primary N) is 1. The van der Waals surface area contributed by atoms with Crippen molar-refractivity contribution in [2.45, 2.75) is 30.2 Å². The van der Waals surface area contributed by atoms with Crippen LogP contribution in [0, 0.1) is 0 Å². The van der Waals surface area contributed by atoms with Gasteiger partial charge in [-0.15, -0.1) is 5.14 Å². The molecule has 0 saturated carbocycles. The van der Waals surface area contributed by atoms with Crippen molar-refractivity contribution >= 4 is 11.4 Å². The SMILES string of the molecule is N[S+](O)c1cccc(C2CCCCN2)c1. The molecular formula is C11H17N2OS+. The molecule has 1 aliphatic rings. The molecule has 82 valence electrons. The summed E-state index contributed by atoms with van der Waals surface area (Å²) in [5, 5.41) is 8.96. The number of piperidine rings is 1. The van der Waals surface area contributed by atoms with Gasteiger partial charge in [-0.1, -0.05) is 18.6 Å². The average molecular weight is 225 g/mol. The smallest absolute Gasteiger partial charge is 0.272 e. The fourth-order valence-electron chi connectivity index (χ4n) is 2.00. The van der Waals surface area contributed by atoms with E-state index in [1.807, 2.05) is 18.2 Å². The molecule has 3 nitrogen and oxygen atoms in total. The highest BCUT2D eigenvalue weighted by Gasteiger charge is 2.19. The average Bonchev–Trinajstić information content (AvgIpc) is 2.30. The van der Waals surface area contributed by atoms with Crippen LogP contribution in [0.4, 0.5) is 0 Å². The van der Waals surface area contributed by atoms with Crippen LogP contribution in [0.2, 0.25) is 0 Å². The molecule has 15 heavy (non-hydrogen) atoms. The van der Waals surface area contributed by atoms with Crippen molar-refractivity contribution < 1.29 is 4.55 Å². The lowest BCUT2D eigenvalue weighted by Gasteiger charge is -2.23. The summed E-state index contributed by atoms with van der Waals surface area (Å²) in [6, 6.07) is 8.37. The van der Waals surface area contributed by atoms with Crippen molar-refractivity contribution in [2.75, 3.05) is 6.54 Å². The Morgan fingerprint density at radius 3 is 2.93 bits per heavy atom. The molecule has 0 spiro atoms. The van der Waals surface area contributed by atoms with Crippen molar-refractivity contribution in [3.63, 3.8) is 0 Å². The van der Waals surface area contributed by atoms with Gasteiger partial charge >= 0.3 is 0 Å². The van der Waals surface area contributed by atoms with E-state index < -0.39 is 11.4 Å². The van der Waals surface area contributed by atoms with Crippen LogP contribution in [-0.2, 0) is 11.4 Å². The molecule has 1 heterocycles. The fourth-order valence-corrected chi connectivity index (χ4v) is 2.47. The molecule has 0 bridgehead atoms. The minimum atomic E-state index is -1.12. The maximum Gasteiger partial charge on any atom is 0.272 e. The number of hydrogen-bond donors (Lipinski definition) is 3. The number of hydrogen-bond acceptors (Lipinski definition) is 3. The normalized spacial score (nSPS) is 23.7. The number of nitrogens with one attached hydrogen (secondary N) is 1. The van der Waals surface area contributed by atoms with Gasteiger partial charge in [0.15, 0.2) is 0 Å². The van der Waals surface area contributed by atoms with E-state index in [2.05, 4.69) is 11.4 Å². The Morgan fingerprint density at radius 2 is 2.27 bits per heavy atom. The van der Waals surface area contributed by atoms with Gasteiger partial charge in [0.05, 0.1) is 0 Å². The lowest BCUT2D eigenvalue weighted by Crippen LogP contribution is -2.27. The molecule has 1 saturated heterocycles. The summed E-state index contributed by atoms with van der Waals surface area (Å²) < 4.78 is 9.33. The first-order valence-electron chi connectivity index (χ1n) is 5.28. The lowest BCUT2D eigenvalue weighted by molar-refractivity contribution is 0.412. The minimum Gasteiger partial charge on any atom is -0.310 e. The van der Waals surface area contributed by atoms with Crippen molar-refractivity contribution in [3.8, 4) is 0 Å². The Hall–Kier alpha value is -0.550. The molecule has 0 aliphatic carbocycles. The molecule has 1 aromatic carbocycles. The van der Waals surface area contributed by atoms with Gasteiger partial charge < -0.3 is 5.32 Å². The minimum absolute atomic E-state index is 0.433. The monoisotopic (exact) mass is 225 g/mol. The quantitative estimate of drug-likeness (QED) is 0.673. The Balaban J connectivity index is 2.16. The Labute approximate surface area is 93.4 Å². The molecule has 1 aromatic rings. The number of benzene rings is 1. The third-order valence-corrected chi connectivity index (χ3v) is 3.55. The third kappa shape index (κ3) is 2.72. The molecule has 2 rings (SSSR count). The number of rotatable bonds is 2. The highest BCUT2D eigenvalue weighted by atomic mass is 32.2. The predicted octanol–water partition coefficient (Wildman–Crippen LogP) is 1.83. The van der Waals surface area contributed by atoms with Crippen LogP contribution in [-0.4, -0.2) is 11.1 Å². The van der Waals surface area contributed by atoms with Crippen LogP contribution in [0.1, 0.15) is 30.9 Å². The summed E-state index contributed by atoms with van der Waals surface area (Å²) in [4.78, 5) is 0.819. The Kier molecular flexibility index (Phi) is 3.64. The van der Waals surface area contributed by atoms with Gasteiger partial charge in [-0.25, -0.2) is 0 Å². The zero-order valence-corrected chi connectivity index (χ0v) is 9.46. The van der Waals surface area contributed by atoms with Crippen LogP contribution in [0.3, 0.4) is 0 Å². The molecular weight excluding hydrogens is 208 g/mol. The van der Waals surface area contributed by atoms with Gasteiger partial charge in [0.2, 0.25) is 4.90 Å². The summed E-state index contributed by atoms with van der Waals surface area (Å²) in [6.07, 6.45) is 3.71. The van der Waals surface area contributed by atoms with Gasteiger partial charge in [0, 0.05) is 12.1 Å². The van der Waals surface area contributed by atoms with Crippen LogP contribution in [0.25, 0.3) is 0 Å². The maximum atomic E-state index is 9.33. The lowest BCUT2D eigenvalue weighted by atomic mass is 9.98. The summed E-state index contributed by atoms with van der Waals surface area (Å²) in [5.74, 6) is 0. The first kappa shape index (κ1) is 11.0. The largest absolute Gasteiger partial charge is 0.310 e. The topological polar surface area (TPSA) is 58.3 Å². The first-order chi connectivity index (χ1) is 7.27. The molecule has 2 unspecified atom stereocenters. The van der Waals surface area contributed by atoms with E-state index in [4.69, 9.17) is 5.14 Å². The zero-order chi connectivity index (χ0) is 10.7. The predicted molar refractivity (Wildman–Crippen MR) is 63.5 cm³/mol. The van der Waals surface area contributed by atoms with Gasteiger partial charge in [-0.2, -0.15) is 4.55 Å². The van der Waals surface area contributed by atoms with E-state index in [0.717, 1.165) is 11.4 Å². The van der Waals surface area contributed by atoms with Crippen molar-refractivity contribution in [1.29, 1.82) is 0 Å². The van der Waals surface area contributed by atoms with Crippen molar-refractivity contribution in [3.05, 3.63) is 29.8 Å². The Morgan fingerprint density at radius 1 is 1.40 bits per heavy atom. The molecule has 4 heteroatoms. The molecule has 1 fully saturated rings. The molecule has 0 amide bonds. The molecule has 2 atom stereocenters. The van der Waals surface area contributed by atoms with E-state index in [-0.39, 0.29) is 0 Å². The van der Waals surface area contributed by atoms with Gasteiger partial charge in [0.1, 0.15) is 0 Å². The second-order valence-corrected chi connectivity index (χ2v) is 4.99. The van der Waals surface area contributed by atoms with Crippen molar-refractivity contribution in [1.82, 2.24) is 5.32 Å². The van der Waals surface area contributed by atoms with E-state index in [1.165, 1.54) is 24.8 Å².